The fourth-order valence-electron chi connectivity index (χ4n) is 2.36. The molecule has 0 atom stereocenters. The summed E-state index contributed by atoms with van der Waals surface area (Å²) < 4.78 is 33.1. The molecule has 0 amide bonds. The summed E-state index contributed by atoms with van der Waals surface area (Å²) in [6, 6.07) is 4.24. The van der Waals surface area contributed by atoms with E-state index in [0.717, 1.165) is 6.42 Å². The lowest BCUT2D eigenvalue weighted by Crippen LogP contribution is -2.47. The lowest BCUT2D eigenvalue weighted by molar-refractivity contribution is -0.0270. The van der Waals surface area contributed by atoms with E-state index in [9.17, 15) is 18.3 Å². The van der Waals surface area contributed by atoms with E-state index >= 15 is 0 Å². The summed E-state index contributed by atoms with van der Waals surface area (Å²) in [7, 11) is -2.20. The number of aromatic nitrogens is 1. The zero-order valence-electron chi connectivity index (χ0n) is 11.5. The van der Waals surface area contributed by atoms with Crippen molar-refractivity contribution in [2.24, 2.45) is 7.05 Å². The van der Waals surface area contributed by atoms with E-state index in [2.05, 4.69) is 4.72 Å². The highest BCUT2D eigenvalue weighted by atomic mass is 32.2. The van der Waals surface area contributed by atoms with E-state index in [-0.39, 0.29) is 17.0 Å². The van der Waals surface area contributed by atoms with Crippen LogP contribution in [-0.4, -0.2) is 30.2 Å². The Morgan fingerprint density at radius 1 is 1.43 bits per heavy atom. The minimum Gasteiger partial charge on any atom is -0.408 e. The number of hydrogen-bond donors (Lipinski definition) is 2. The van der Waals surface area contributed by atoms with Gasteiger partial charge in [-0.15, -0.1) is 0 Å². The predicted octanol–water partition coefficient (Wildman–Crippen LogP) is 0.325. The molecular weight excluding hydrogens is 296 g/mol. The Balaban J connectivity index is 1.89. The zero-order valence-corrected chi connectivity index (χ0v) is 12.3. The molecule has 1 aliphatic carbocycles. The maximum atomic E-state index is 12.2. The molecule has 0 spiro atoms. The highest BCUT2D eigenvalue weighted by Crippen LogP contribution is 2.31. The van der Waals surface area contributed by atoms with Crippen LogP contribution in [0.15, 0.2) is 32.3 Å². The Bertz CT molecular complexity index is 845. The molecular formula is C13H16N2O5S. The van der Waals surface area contributed by atoms with Crippen molar-refractivity contribution in [2.45, 2.75) is 29.8 Å². The quantitative estimate of drug-likeness (QED) is 0.847. The van der Waals surface area contributed by atoms with Gasteiger partial charge < -0.3 is 9.52 Å². The summed E-state index contributed by atoms with van der Waals surface area (Å²) in [6.45, 7) is -0.00783. The SMILES string of the molecule is Cn1c(=O)oc2cc(S(=O)(=O)NCC3(O)CCC3)ccc21. The second kappa shape index (κ2) is 4.69. The lowest BCUT2D eigenvalue weighted by Gasteiger charge is -2.36. The minimum absolute atomic E-state index is 0.00673. The van der Waals surface area contributed by atoms with E-state index in [1.165, 1.54) is 22.8 Å². The maximum Gasteiger partial charge on any atom is 0.419 e. The van der Waals surface area contributed by atoms with Crippen molar-refractivity contribution in [1.29, 1.82) is 0 Å². The summed E-state index contributed by atoms with van der Waals surface area (Å²) in [5.74, 6) is -0.545. The fraction of sp³-hybridized carbons (Fsp3) is 0.462. The Morgan fingerprint density at radius 2 is 2.14 bits per heavy atom. The van der Waals surface area contributed by atoms with Crippen LogP contribution in [-0.2, 0) is 17.1 Å². The first-order valence-corrected chi connectivity index (χ1v) is 8.11. The van der Waals surface area contributed by atoms with Gasteiger partial charge in [-0.2, -0.15) is 0 Å². The molecule has 1 aliphatic rings. The number of hydrogen-bond acceptors (Lipinski definition) is 5. The first kappa shape index (κ1) is 14.3. The third-order valence-electron chi connectivity index (χ3n) is 3.95. The molecule has 2 N–H and O–H groups in total. The van der Waals surface area contributed by atoms with Crippen LogP contribution >= 0.6 is 0 Å². The number of aliphatic hydroxyl groups is 1. The van der Waals surface area contributed by atoms with Crippen molar-refractivity contribution in [3.05, 3.63) is 28.7 Å². The monoisotopic (exact) mass is 312 g/mol. The van der Waals surface area contributed by atoms with Gasteiger partial charge in [0.2, 0.25) is 10.0 Å². The van der Waals surface area contributed by atoms with Gasteiger partial charge >= 0.3 is 5.76 Å². The van der Waals surface area contributed by atoms with Crippen LogP contribution in [0.25, 0.3) is 11.1 Å². The number of nitrogens with one attached hydrogen (secondary N) is 1. The Kier molecular flexibility index (Phi) is 3.19. The number of aryl methyl sites for hydroxylation is 1. The molecule has 8 heteroatoms. The van der Waals surface area contributed by atoms with Crippen LogP contribution in [0.1, 0.15) is 19.3 Å². The van der Waals surface area contributed by atoms with Crippen molar-refractivity contribution < 1.29 is 17.9 Å². The number of fused-ring (bicyclic) bond motifs is 1. The van der Waals surface area contributed by atoms with Crippen LogP contribution in [0.5, 0.6) is 0 Å². The molecule has 1 aromatic carbocycles. The molecule has 1 heterocycles. The number of rotatable bonds is 4. The van der Waals surface area contributed by atoms with Crippen molar-refractivity contribution in [3.8, 4) is 0 Å². The normalized spacial score (nSPS) is 17.8. The Morgan fingerprint density at radius 3 is 2.76 bits per heavy atom. The van der Waals surface area contributed by atoms with E-state index in [0.29, 0.717) is 18.4 Å². The van der Waals surface area contributed by atoms with Crippen molar-refractivity contribution >= 4 is 21.1 Å². The van der Waals surface area contributed by atoms with Gasteiger partial charge in [0.15, 0.2) is 5.58 Å². The van der Waals surface area contributed by atoms with E-state index in [1.54, 1.807) is 7.05 Å². The Hall–Kier alpha value is -1.64. The van der Waals surface area contributed by atoms with Gasteiger partial charge in [0.25, 0.3) is 0 Å². The fourth-order valence-corrected chi connectivity index (χ4v) is 3.49. The molecule has 3 rings (SSSR count). The molecule has 114 valence electrons. The molecule has 0 unspecified atom stereocenters. The molecule has 0 radical (unpaired) electrons. The second-order valence-electron chi connectivity index (χ2n) is 5.46. The molecule has 7 nitrogen and oxygen atoms in total. The van der Waals surface area contributed by atoms with Gasteiger partial charge in [0, 0.05) is 19.7 Å². The van der Waals surface area contributed by atoms with Crippen LogP contribution in [0.2, 0.25) is 0 Å². The van der Waals surface area contributed by atoms with Crippen molar-refractivity contribution in [2.75, 3.05) is 6.54 Å². The van der Waals surface area contributed by atoms with Crippen LogP contribution in [0.3, 0.4) is 0 Å². The smallest absolute Gasteiger partial charge is 0.408 e. The molecule has 0 saturated heterocycles. The summed E-state index contributed by atoms with van der Waals surface area (Å²) in [5.41, 5.74) is -0.194. The highest BCUT2D eigenvalue weighted by Gasteiger charge is 2.35. The summed E-state index contributed by atoms with van der Waals surface area (Å²) in [6.07, 6.45) is 2.10. The number of benzene rings is 1. The van der Waals surface area contributed by atoms with Gasteiger partial charge in [-0.1, -0.05) is 0 Å². The average molecular weight is 312 g/mol. The molecule has 0 aliphatic heterocycles. The van der Waals surface area contributed by atoms with Crippen molar-refractivity contribution in [1.82, 2.24) is 9.29 Å². The van der Waals surface area contributed by atoms with E-state index in [1.807, 2.05) is 0 Å². The molecule has 1 fully saturated rings. The van der Waals surface area contributed by atoms with E-state index in [4.69, 9.17) is 4.42 Å². The predicted molar refractivity (Wildman–Crippen MR) is 75.4 cm³/mol. The van der Waals surface area contributed by atoms with Crippen molar-refractivity contribution in [3.63, 3.8) is 0 Å². The molecule has 21 heavy (non-hydrogen) atoms. The van der Waals surface area contributed by atoms with Gasteiger partial charge in [0.05, 0.1) is 16.0 Å². The van der Waals surface area contributed by atoms with Gasteiger partial charge in [-0.05, 0) is 31.4 Å². The molecule has 1 saturated carbocycles. The first-order chi connectivity index (χ1) is 9.81. The second-order valence-corrected chi connectivity index (χ2v) is 7.23. The summed E-state index contributed by atoms with van der Waals surface area (Å²) in [5, 5.41) is 9.94. The van der Waals surface area contributed by atoms with Crippen LogP contribution < -0.4 is 10.5 Å². The largest absolute Gasteiger partial charge is 0.419 e. The standard InChI is InChI=1S/C13H16N2O5S/c1-15-10-4-3-9(7-11(10)20-12(15)16)21(18,19)14-8-13(17)5-2-6-13/h3-4,7,14,17H,2,5-6,8H2,1H3. The number of sulfonamides is 1. The summed E-state index contributed by atoms with van der Waals surface area (Å²) in [4.78, 5) is 11.4. The number of nitrogens with zero attached hydrogens (tertiary/aromatic N) is 1. The molecule has 2 aromatic rings. The average Bonchev–Trinajstić information content (AvgIpc) is 2.69. The summed E-state index contributed by atoms with van der Waals surface area (Å²) >= 11 is 0. The van der Waals surface area contributed by atoms with E-state index < -0.39 is 21.4 Å². The maximum absolute atomic E-state index is 12.2. The van der Waals surface area contributed by atoms with Gasteiger partial charge in [-0.25, -0.2) is 17.9 Å². The third-order valence-corrected chi connectivity index (χ3v) is 5.35. The number of oxazole rings is 1. The van der Waals surface area contributed by atoms with Gasteiger partial charge in [0.1, 0.15) is 0 Å². The first-order valence-electron chi connectivity index (χ1n) is 6.62. The molecule has 0 bridgehead atoms. The van der Waals surface area contributed by atoms with Gasteiger partial charge in [-0.3, -0.25) is 4.57 Å². The molecule has 1 aromatic heterocycles. The van der Waals surface area contributed by atoms with Crippen LogP contribution in [0, 0.1) is 0 Å². The highest BCUT2D eigenvalue weighted by molar-refractivity contribution is 7.89. The van der Waals surface area contributed by atoms with Crippen LogP contribution in [0.4, 0.5) is 0 Å². The lowest BCUT2D eigenvalue weighted by atomic mass is 9.81. The topological polar surface area (TPSA) is 102 Å². The zero-order chi connectivity index (χ0) is 15.3. The Labute approximate surface area is 121 Å². The third kappa shape index (κ3) is 2.50. The minimum atomic E-state index is -3.75.